The van der Waals surface area contributed by atoms with Crippen LogP contribution in [0.25, 0.3) is 0 Å². The van der Waals surface area contributed by atoms with Crippen molar-refractivity contribution in [3.8, 4) is 0 Å². The third kappa shape index (κ3) is 2.71. The predicted molar refractivity (Wildman–Crippen MR) is 68.7 cm³/mol. The molecule has 1 saturated heterocycles. The lowest BCUT2D eigenvalue weighted by Crippen LogP contribution is -2.40. The number of carbonyl (C=O) groups excluding carboxylic acids is 1. The first-order valence-corrected chi connectivity index (χ1v) is 6.42. The number of hydrogen-bond acceptors (Lipinski definition) is 4. The zero-order chi connectivity index (χ0) is 15.7. The maximum Gasteiger partial charge on any atom is 0.307 e. The molecule has 1 aliphatic heterocycles. The Morgan fingerprint density at radius 1 is 1.48 bits per heavy atom. The normalized spacial score (nSPS) is 21.6. The molecule has 6 nitrogen and oxygen atoms in total. The molecule has 1 aliphatic rings. The average Bonchev–Trinajstić information content (AvgIpc) is 2.80. The fourth-order valence-electron chi connectivity index (χ4n) is 2.53. The van der Waals surface area contributed by atoms with E-state index in [1.165, 1.54) is 4.90 Å². The highest BCUT2D eigenvalue weighted by Crippen LogP contribution is 2.28. The molecule has 21 heavy (non-hydrogen) atoms. The van der Waals surface area contributed by atoms with Crippen molar-refractivity contribution in [2.75, 3.05) is 13.2 Å². The average molecular weight is 300 g/mol. The largest absolute Gasteiger partial charge is 0.394 e. The third-order valence-corrected chi connectivity index (χ3v) is 3.79. The summed E-state index contributed by atoms with van der Waals surface area (Å²) < 4.78 is 27.4. The minimum absolute atomic E-state index is 0.0462. The molecule has 1 heterocycles. The molecule has 0 radical (unpaired) electrons. The van der Waals surface area contributed by atoms with Gasteiger partial charge in [0.25, 0.3) is 5.91 Å². The van der Waals surface area contributed by atoms with Crippen molar-refractivity contribution in [3.05, 3.63) is 39.4 Å². The number of benzene rings is 1. The summed E-state index contributed by atoms with van der Waals surface area (Å²) in [5.41, 5.74) is -1.58. The topological polar surface area (TPSA) is 83.7 Å². The number of aliphatic hydroxyl groups excluding tert-OH is 1. The Bertz CT molecular complexity index is 594. The Labute approximate surface area is 119 Å². The van der Waals surface area contributed by atoms with E-state index in [-0.39, 0.29) is 12.5 Å². The molecule has 0 spiro atoms. The van der Waals surface area contributed by atoms with Crippen molar-refractivity contribution >= 4 is 11.6 Å². The molecule has 1 aromatic carbocycles. The van der Waals surface area contributed by atoms with Gasteiger partial charge in [0.05, 0.1) is 29.2 Å². The van der Waals surface area contributed by atoms with Gasteiger partial charge in [0, 0.05) is 6.54 Å². The van der Waals surface area contributed by atoms with Gasteiger partial charge in [-0.1, -0.05) is 6.92 Å². The highest BCUT2D eigenvalue weighted by atomic mass is 19.1. The van der Waals surface area contributed by atoms with E-state index in [1.54, 1.807) is 0 Å². The Kier molecular flexibility index (Phi) is 4.17. The smallest absolute Gasteiger partial charge is 0.307 e. The molecule has 8 heteroatoms. The lowest BCUT2D eigenvalue weighted by atomic mass is 10.0. The number of amides is 1. The highest BCUT2D eigenvalue weighted by molar-refractivity contribution is 5.95. The van der Waals surface area contributed by atoms with E-state index in [0.29, 0.717) is 25.1 Å². The molecule has 0 bridgehead atoms. The minimum atomic E-state index is -1.27. The van der Waals surface area contributed by atoms with Crippen LogP contribution in [0.1, 0.15) is 23.7 Å². The number of nitro groups is 1. The van der Waals surface area contributed by atoms with Crippen LogP contribution in [0.2, 0.25) is 0 Å². The van der Waals surface area contributed by atoms with E-state index in [9.17, 15) is 28.8 Å². The van der Waals surface area contributed by atoms with Crippen LogP contribution in [0.4, 0.5) is 14.5 Å². The van der Waals surface area contributed by atoms with Crippen molar-refractivity contribution in [2.45, 2.75) is 19.4 Å². The molecule has 1 N–H and O–H groups in total. The Balaban J connectivity index is 2.36. The summed E-state index contributed by atoms with van der Waals surface area (Å²) >= 11 is 0. The quantitative estimate of drug-likeness (QED) is 0.680. The predicted octanol–water partition coefficient (Wildman–Crippen LogP) is 1.72. The van der Waals surface area contributed by atoms with Crippen molar-refractivity contribution in [2.24, 2.45) is 5.92 Å². The van der Waals surface area contributed by atoms with E-state index in [1.807, 2.05) is 6.92 Å². The van der Waals surface area contributed by atoms with Gasteiger partial charge in [-0.15, -0.1) is 0 Å². The van der Waals surface area contributed by atoms with E-state index in [0.717, 1.165) is 0 Å². The molecule has 1 aromatic rings. The van der Waals surface area contributed by atoms with Crippen LogP contribution in [0.5, 0.6) is 0 Å². The Morgan fingerprint density at radius 2 is 2.14 bits per heavy atom. The van der Waals surface area contributed by atoms with Crippen molar-refractivity contribution in [1.82, 2.24) is 4.90 Å². The molecular formula is C13H14F2N2O4. The number of carbonyl (C=O) groups is 1. The number of nitrogens with zero attached hydrogens (tertiary/aromatic N) is 2. The van der Waals surface area contributed by atoms with Gasteiger partial charge in [-0.25, -0.2) is 4.39 Å². The summed E-state index contributed by atoms with van der Waals surface area (Å²) in [6.45, 7) is 1.90. The lowest BCUT2D eigenvalue weighted by molar-refractivity contribution is -0.387. The van der Waals surface area contributed by atoms with Crippen LogP contribution in [-0.2, 0) is 0 Å². The van der Waals surface area contributed by atoms with Crippen LogP contribution in [0, 0.1) is 27.7 Å². The summed E-state index contributed by atoms with van der Waals surface area (Å²) in [5.74, 6) is -3.14. The second kappa shape index (κ2) is 5.72. The molecule has 0 aromatic heterocycles. The molecule has 0 saturated carbocycles. The van der Waals surface area contributed by atoms with E-state index in [4.69, 9.17) is 0 Å². The number of nitro benzene ring substituents is 1. The molecule has 1 fully saturated rings. The van der Waals surface area contributed by atoms with Gasteiger partial charge in [-0.05, 0) is 18.4 Å². The molecular weight excluding hydrogens is 286 g/mol. The van der Waals surface area contributed by atoms with Gasteiger partial charge in [0.1, 0.15) is 5.82 Å². The summed E-state index contributed by atoms with van der Waals surface area (Å²) in [4.78, 5) is 23.0. The lowest BCUT2D eigenvalue weighted by Gasteiger charge is -2.25. The van der Waals surface area contributed by atoms with Crippen LogP contribution in [0.15, 0.2) is 12.1 Å². The van der Waals surface area contributed by atoms with E-state index >= 15 is 0 Å². The maximum absolute atomic E-state index is 13.8. The van der Waals surface area contributed by atoms with E-state index in [2.05, 4.69) is 0 Å². The zero-order valence-corrected chi connectivity index (χ0v) is 11.3. The van der Waals surface area contributed by atoms with Gasteiger partial charge in [0.2, 0.25) is 5.82 Å². The van der Waals surface area contributed by atoms with Crippen molar-refractivity contribution in [1.29, 1.82) is 0 Å². The number of likely N-dealkylation sites (tertiary alicyclic amines) is 1. The summed E-state index contributed by atoms with van der Waals surface area (Å²) in [7, 11) is 0. The summed E-state index contributed by atoms with van der Waals surface area (Å²) in [6.07, 6.45) is 0.647. The SMILES string of the molecule is CC1CCN(C(=O)c2cc(F)c([N+](=O)[O-])cc2F)C1CO. The number of hydrogen-bond donors (Lipinski definition) is 1. The first-order chi connectivity index (χ1) is 9.86. The van der Waals surface area contributed by atoms with Crippen LogP contribution in [-0.4, -0.2) is 40.0 Å². The van der Waals surface area contributed by atoms with Gasteiger partial charge >= 0.3 is 5.69 Å². The van der Waals surface area contributed by atoms with Crippen molar-refractivity contribution in [3.63, 3.8) is 0 Å². The van der Waals surface area contributed by atoms with Crippen LogP contribution in [0.3, 0.4) is 0 Å². The molecule has 0 aliphatic carbocycles. The number of aliphatic hydroxyl groups is 1. The third-order valence-electron chi connectivity index (χ3n) is 3.79. The van der Waals surface area contributed by atoms with Gasteiger partial charge < -0.3 is 10.0 Å². The molecule has 114 valence electrons. The van der Waals surface area contributed by atoms with Gasteiger partial charge in [0.15, 0.2) is 0 Å². The minimum Gasteiger partial charge on any atom is -0.394 e. The Hall–Kier alpha value is -2.09. The first-order valence-electron chi connectivity index (χ1n) is 6.42. The molecule has 1 amide bonds. The summed E-state index contributed by atoms with van der Waals surface area (Å²) in [5, 5.41) is 19.8. The maximum atomic E-state index is 13.8. The molecule has 2 atom stereocenters. The van der Waals surface area contributed by atoms with Gasteiger partial charge in [-0.3, -0.25) is 14.9 Å². The highest BCUT2D eigenvalue weighted by Gasteiger charge is 2.36. The second-order valence-electron chi connectivity index (χ2n) is 5.06. The fraction of sp³-hybridized carbons (Fsp3) is 0.462. The van der Waals surface area contributed by atoms with Crippen molar-refractivity contribution < 1.29 is 23.6 Å². The van der Waals surface area contributed by atoms with Crippen LogP contribution < -0.4 is 0 Å². The first kappa shape index (κ1) is 15.3. The second-order valence-corrected chi connectivity index (χ2v) is 5.06. The molecule has 2 rings (SSSR count). The zero-order valence-electron chi connectivity index (χ0n) is 11.3. The van der Waals surface area contributed by atoms with Crippen LogP contribution >= 0.6 is 0 Å². The Morgan fingerprint density at radius 3 is 2.71 bits per heavy atom. The van der Waals surface area contributed by atoms with E-state index < -0.39 is 39.8 Å². The number of halogens is 2. The monoisotopic (exact) mass is 300 g/mol. The van der Waals surface area contributed by atoms with Gasteiger partial charge in [-0.2, -0.15) is 4.39 Å². The fourth-order valence-corrected chi connectivity index (χ4v) is 2.53. The molecule has 2 unspecified atom stereocenters. The number of rotatable bonds is 3. The summed E-state index contributed by atoms with van der Waals surface area (Å²) in [6, 6.07) is 0.471. The standard InChI is InChI=1S/C13H14F2N2O4/c1-7-2-3-16(12(7)6-18)13(19)8-4-10(15)11(17(20)21)5-9(8)14/h4-5,7,12,18H,2-3,6H2,1H3.